The normalized spacial score (nSPS) is 15.6. The summed E-state index contributed by atoms with van der Waals surface area (Å²) in [6, 6.07) is 2.39. The van der Waals surface area contributed by atoms with Gasteiger partial charge in [-0.15, -0.1) is 11.3 Å². The minimum atomic E-state index is 0.0713. The Morgan fingerprint density at radius 1 is 1.50 bits per heavy atom. The standard InChI is InChI=1S/C15H20BrN3S/c1-3-11-15(16)12(19(2)18-11)8-10(17)14-7-9-5-4-6-13(9)20-14/h7,10H,3-6,8,17H2,1-2H3. The van der Waals surface area contributed by atoms with Gasteiger partial charge in [-0.3, -0.25) is 4.68 Å². The fraction of sp³-hybridized carbons (Fsp3) is 0.533. The van der Waals surface area contributed by atoms with Crippen molar-refractivity contribution in [3.63, 3.8) is 0 Å². The molecule has 1 aliphatic rings. The van der Waals surface area contributed by atoms with Gasteiger partial charge in [0.05, 0.1) is 15.9 Å². The van der Waals surface area contributed by atoms with Crippen molar-refractivity contribution in [3.8, 4) is 0 Å². The summed E-state index contributed by atoms with van der Waals surface area (Å²) in [7, 11) is 2.00. The van der Waals surface area contributed by atoms with E-state index in [0.717, 1.165) is 23.0 Å². The topological polar surface area (TPSA) is 43.8 Å². The first-order valence-electron chi connectivity index (χ1n) is 7.17. The van der Waals surface area contributed by atoms with Gasteiger partial charge in [0.25, 0.3) is 0 Å². The predicted molar refractivity (Wildman–Crippen MR) is 87.3 cm³/mol. The Bertz CT molecular complexity index is 608. The molecule has 0 fully saturated rings. The maximum Gasteiger partial charge on any atom is 0.0766 e. The number of thiophene rings is 1. The molecule has 20 heavy (non-hydrogen) atoms. The lowest BCUT2D eigenvalue weighted by atomic mass is 10.1. The van der Waals surface area contributed by atoms with Crippen LogP contribution in [0.2, 0.25) is 0 Å². The zero-order chi connectivity index (χ0) is 14.3. The number of rotatable bonds is 4. The number of aromatic nitrogens is 2. The molecule has 3 rings (SSSR count). The Hall–Kier alpha value is -0.650. The van der Waals surface area contributed by atoms with E-state index in [1.54, 1.807) is 4.88 Å². The van der Waals surface area contributed by atoms with E-state index >= 15 is 0 Å². The highest BCUT2D eigenvalue weighted by Crippen LogP contribution is 2.35. The summed E-state index contributed by atoms with van der Waals surface area (Å²) in [6.45, 7) is 2.13. The molecule has 108 valence electrons. The average Bonchev–Trinajstić information content (AvgIpc) is 3.07. The second-order valence-electron chi connectivity index (χ2n) is 5.45. The van der Waals surface area contributed by atoms with E-state index < -0.39 is 0 Å². The van der Waals surface area contributed by atoms with Crippen LogP contribution in [-0.4, -0.2) is 9.78 Å². The van der Waals surface area contributed by atoms with Crippen molar-refractivity contribution in [1.29, 1.82) is 0 Å². The summed E-state index contributed by atoms with van der Waals surface area (Å²) < 4.78 is 3.09. The maximum atomic E-state index is 6.43. The Morgan fingerprint density at radius 2 is 2.30 bits per heavy atom. The van der Waals surface area contributed by atoms with Gasteiger partial charge in [0.2, 0.25) is 0 Å². The third kappa shape index (κ3) is 2.47. The zero-order valence-corrected chi connectivity index (χ0v) is 14.4. The molecule has 1 unspecified atom stereocenters. The lowest BCUT2D eigenvalue weighted by Crippen LogP contribution is -2.14. The lowest BCUT2D eigenvalue weighted by Gasteiger charge is -2.10. The highest BCUT2D eigenvalue weighted by molar-refractivity contribution is 9.10. The van der Waals surface area contributed by atoms with Crippen LogP contribution in [0.25, 0.3) is 0 Å². The number of nitrogens with zero attached hydrogens (tertiary/aromatic N) is 2. The molecule has 2 aromatic rings. The minimum Gasteiger partial charge on any atom is -0.323 e. The van der Waals surface area contributed by atoms with Crippen LogP contribution in [0.5, 0.6) is 0 Å². The van der Waals surface area contributed by atoms with Crippen molar-refractivity contribution in [3.05, 3.63) is 37.2 Å². The molecule has 0 aromatic carbocycles. The van der Waals surface area contributed by atoms with Crippen molar-refractivity contribution >= 4 is 27.3 Å². The van der Waals surface area contributed by atoms with E-state index in [2.05, 4.69) is 34.0 Å². The Labute approximate surface area is 132 Å². The molecular weight excluding hydrogens is 334 g/mol. The summed E-state index contributed by atoms with van der Waals surface area (Å²) in [5.41, 5.74) is 10.3. The number of halogens is 1. The molecule has 1 atom stereocenters. The second-order valence-corrected chi connectivity index (χ2v) is 7.41. The Morgan fingerprint density at radius 3 is 2.95 bits per heavy atom. The molecule has 2 heterocycles. The quantitative estimate of drug-likeness (QED) is 0.913. The molecule has 3 nitrogen and oxygen atoms in total. The summed E-state index contributed by atoms with van der Waals surface area (Å²) in [6.07, 6.45) is 5.56. The van der Waals surface area contributed by atoms with Crippen LogP contribution in [-0.2, 0) is 32.7 Å². The summed E-state index contributed by atoms with van der Waals surface area (Å²) in [5.74, 6) is 0. The van der Waals surface area contributed by atoms with Crippen LogP contribution < -0.4 is 5.73 Å². The molecular formula is C15H20BrN3S. The molecule has 0 spiro atoms. The molecule has 0 saturated carbocycles. The molecule has 0 bridgehead atoms. The van der Waals surface area contributed by atoms with Crippen LogP contribution in [0.4, 0.5) is 0 Å². The molecule has 1 aliphatic carbocycles. The van der Waals surface area contributed by atoms with Gasteiger partial charge in [-0.2, -0.15) is 5.10 Å². The Kier molecular flexibility index (Phi) is 4.02. The van der Waals surface area contributed by atoms with Gasteiger partial charge >= 0.3 is 0 Å². The zero-order valence-electron chi connectivity index (χ0n) is 11.9. The number of aryl methyl sites for hydroxylation is 4. The molecule has 2 N–H and O–H groups in total. The first-order chi connectivity index (χ1) is 9.60. The van der Waals surface area contributed by atoms with Gasteiger partial charge in [0.1, 0.15) is 0 Å². The van der Waals surface area contributed by atoms with Gasteiger partial charge in [-0.25, -0.2) is 0 Å². The molecule has 0 aliphatic heterocycles. The molecule has 0 amide bonds. The number of nitrogens with two attached hydrogens (primary N) is 1. The third-order valence-corrected chi connectivity index (χ3v) is 6.33. The Balaban J connectivity index is 1.81. The van der Waals surface area contributed by atoms with Crippen molar-refractivity contribution < 1.29 is 0 Å². The van der Waals surface area contributed by atoms with Crippen LogP contribution in [0.1, 0.15) is 46.1 Å². The van der Waals surface area contributed by atoms with E-state index in [0.29, 0.717) is 0 Å². The molecule has 0 radical (unpaired) electrons. The number of hydrogen-bond acceptors (Lipinski definition) is 3. The number of fused-ring (bicyclic) bond motifs is 1. The molecule has 0 saturated heterocycles. The van der Waals surface area contributed by atoms with Crippen molar-refractivity contribution in [2.24, 2.45) is 12.8 Å². The number of hydrogen-bond donors (Lipinski definition) is 1. The lowest BCUT2D eigenvalue weighted by molar-refractivity contribution is 0.642. The van der Waals surface area contributed by atoms with Gasteiger partial charge < -0.3 is 5.73 Å². The highest BCUT2D eigenvalue weighted by Gasteiger charge is 2.21. The first-order valence-corrected chi connectivity index (χ1v) is 8.78. The smallest absolute Gasteiger partial charge is 0.0766 e. The van der Waals surface area contributed by atoms with Gasteiger partial charge in [-0.05, 0) is 53.2 Å². The third-order valence-electron chi connectivity index (χ3n) is 4.05. The SMILES string of the molecule is CCc1nn(C)c(CC(N)c2cc3c(s2)CCC3)c1Br. The van der Waals surface area contributed by atoms with Gasteiger partial charge in [0, 0.05) is 29.3 Å². The molecule has 5 heteroatoms. The van der Waals surface area contributed by atoms with E-state index in [1.165, 1.54) is 35.4 Å². The van der Waals surface area contributed by atoms with E-state index in [9.17, 15) is 0 Å². The molecule has 2 aromatic heterocycles. The van der Waals surface area contributed by atoms with E-state index in [-0.39, 0.29) is 6.04 Å². The van der Waals surface area contributed by atoms with Crippen LogP contribution in [0.3, 0.4) is 0 Å². The monoisotopic (exact) mass is 353 g/mol. The minimum absolute atomic E-state index is 0.0713. The van der Waals surface area contributed by atoms with E-state index in [1.807, 2.05) is 23.1 Å². The summed E-state index contributed by atoms with van der Waals surface area (Å²) in [4.78, 5) is 2.87. The van der Waals surface area contributed by atoms with Gasteiger partial charge in [0.15, 0.2) is 0 Å². The van der Waals surface area contributed by atoms with Crippen molar-refractivity contribution in [1.82, 2.24) is 9.78 Å². The summed E-state index contributed by atoms with van der Waals surface area (Å²) in [5, 5.41) is 4.54. The van der Waals surface area contributed by atoms with Crippen LogP contribution >= 0.6 is 27.3 Å². The predicted octanol–water partition coefficient (Wildman–Crippen LogP) is 3.54. The fourth-order valence-corrected chi connectivity index (χ4v) is 4.92. The van der Waals surface area contributed by atoms with E-state index in [4.69, 9.17) is 5.73 Å². The van der Waals surface area contributed by atoms with Gasteiger partial charge in [-0.1, -0.05) is 6.92 Å². The van der Waals surface area contributed by atoms with Crippen molar-refractivity contribution in [2.45, 2.75) is 45.1 Å². The van der Waals surface area contributed by atoms with Crippen LogP contribution in [0, 0.1) is 0 Å². The van der Waals surface area contributed by atoms with Crippen molar-refractivity contribution in [2.75, 3.05) is 0 Å². The van der Waals surface area contributed by atoms with Crippen LogP contribution in [0.15, 0.2) is 10.5 Å². The second kappa shape index (κ2) is 5.62. The average molecular weight is 354 g/mol. The summed E-state index contributed by atoms with van der Waals surface area (Å²) >= 11 is 5.58. The fourth-order valence-electron chi connectivity index (χ4n) is 2.89. The largest absolute Gasteiger partial charge is 0.323 e. The first kappa shape index (κ1) is 14.3. The maximum absolute atomic E-state index is 6.43. The highest BCUT2D eigenvalue weighted by atomic mass is 79.9.